The molecule has 2 saturated heterocycles. The average molecular weight is 803 g/mol. The number of hydrogen-bond acceptors (Lipinski definition) is 8. The lowest BCUT2D eigenvalue weighted by atomic mass is 9.98. The lowest BCUT2D eigenvalue weighted by Crippen LogP contribution is -2.51. The Kier molecular flexibility index (Phi) is 12.1. The Morgan fingerprint density at radius 1 is 0.678 bits per heavy atom. The van der Waals surface area contributed by atoms with E-state index in [0.717, 1.165) is 75.3 Å². The molecule has 310 valence electrons. The molecule has 0 spiro atoms. The fraction of sp³-hybridized carbons (Fsp3) is 0.422. The van der Waals surface area contributed by atoms with E-state index < -0.39 is 24.3 Å². The number of aromatic amines is 2. The first-order valence-electron chi connectivity index (χ1n) is 20.4. The number of H-pyrrole nitrogens is 2. The highest BCUT2D eigenvalue weighted by Gasteiger charge is 2.40. The van der Waals surface area contributed by atoms with Crippen molar-refractivity contribution in [1.82, 2.24) is 40.4 Å². The van der Waals surface area contributed by atoms with E-state index in [9.17, 15) is 19.2 Å². The van der Waals surface area contributed by atoms with Crippen LogP contribution >= 0.6 is 0 Å². The molecule has 4 heterocycles. The number of hydrogen-bond donors (Lipinski definition) is 4. The summed E-state index contributed by atoms with van der Waals surface area (Å²) in [6.07, 6.45) is 4.79. The summed E-state index contributed by atoms with van der Waals surface area (Å²) in [5, 5.41) is 7.61. The summed E-state index contributed by atoms with van der Waals surface area (Å²) >= 11 is 0. The minimum atomic E-state index is -0.699. The van der Waals surface area contributed by atoms with E-state index in [4.69, 9.17) is 19.4 Å². The van der Waals surface area contributed by atoms with Crippen LogP contribution in [0.2, 0.25) is 0 Å². The van der Waals surface area contributed by atoms with Gasteiger partial charge in [0, 0.05) is 18.7 Å². The second-order valence-corrected chi connectivity index (χ2v) is 16.5. The van der Waals surface area contributed by atoms with Gasteiger partial charge in [-0.3, -0.25) is 9.59 Å². The molecule has 4 N–H and O–H groups in total. The number of fused-ring (bicyclic) bond motifs is 1. The van der Waals surface area contributed by atoms with Gasteiger partial charge in [0.15, 0.2) is 0 Å². The van der Waals surface area contributed by atoms with Crippen molar-refractivity contribution in [3.8, 4) is 33.6 Å². The fourth-order valence-corrected chi connectivity index (χ4v) is 8.36. The summed E-state index contributed by atoms with van der Waals surface area (Å²) in [5.41, 5.74) is 5.88. The summed E-state index contributed by atoms with van der Waals surface area (Å²) in [4.78, 5) is 71.3. The van der Waals surface area contributed by atoms with Gasteiger partial charge < -0.3 is 39.9 Å². The van der Waals surface area contributed by atoms with Crippen LogP contribution < -0.4 is 10.6 Å². The van der Waals surface area contributed by atoms with Crippen LogP contribution in [0.4, 0.5) is 9.59 Å². The molecule has 5 atom stereocenters. The molecule has 0 radical (unpaired) electrons. The molecule has 2 aliphatic rings. The van der Waals surface area contributed by atoms with Gasteiger partial charge in [0.2, 0.25) is 11.8 Å². The molecule has 2 aliphatic heterocycles. The van der Waals surface area contributed by atoms with Crippen LogP contribution in [0, 0.1) is 17.8 Å². The van der Waals surface area contributed by atoms with E-state index in [1.807, 2.05) is 49.9 Å². The third-order valence-electron chi connectivity index (χ3n) is 11.6. The molecule has 0 bridgehead atoms. The number of ether oxygens (including phenoxy) is 2. The monoisotopic (exact) mass is 802 g/mol. The van der Waals surface area contributed by atoms with E-state index >= 15 is 0 Å². The molecular formula is C45H54N8O6. The predicted molar refractivity (Wildman–Crippen MR) is 225 cm³/mol. The number of aromatic nitrogens is 4. The normalized spacial score (nSPS) is 19.0. The van der Waals surface area contributed by atoms with E-state index in [2.05, 4.69) is 88.2 Å². The van der Waals surface area contributed by atoms with Crippen molar-refractivity contribution >= 4 is 34.8 Å². The van der Waals surface area contributed by atoms with Crippen LogP contribution in [0.5, 0.6) is 0 Å². The van der Waals surface area contributed by atoms with Crippen molar-refractivity contribution in [1.29, 1.82) is 0 Å². The summed E-state index contributed by atoms with van der Waals surface area (Å²) < 4.78 is 9.55. The number of amides is 4. The standard InChI is InChI=1S/C45H54N8O6/c1-25(2)38(50-44(56)58-6)42(54)52-18-8-9-36(52)40-46-23-35(49-40)33-17-16-31-20-30(14-15-32(31)21-33)28-10-12-29(13-11-28)34-22-47-41(48-34)37-19-27(5)24-53(37)43(55)39(26(3)4)51-45(57)59-7/h10-17,20-23,25-27,36-39H,8-9,18-19,24H2,1-7H3,(H,46,49)(H,47,48)(H,50,56)(H,51,57). The molecule has 5 unspecified atom stereocenters. The number of methoxy groups -OCH3 is 2. The van der Waals surface area contributed by atoms with Gasteiger partial charge in [-0.1, -0.05) is 83.1 Å². The van der Waals surface area contributed by atoms with Gasteiger partial charge in [-0.05, 0) is 76.6 Å². The number of imidazole rings is 2. The quantitative estimate of drug-likeness (QED) is 0.106. The molecule has 5 aromatic rings. The number of carbonyl (C=O) groups is 4. The van der Waals surface area contributed by atoms with Gasteiger partial charge in [0.05, 0.1) is 50.1 Å². The Labute approximate surface area is 344 Å². The van der Waals surface area contributed by atoms with Gasteiger partial charge >= 0.3 is 12.2 Å². The summed E-state index contributed by atoms with van der Waals surface area (Å²) in [6.45, 7) is 10.9. The van der Waals surface area contributed by atoms with Crippen molar-refractivity contribution in [3.05, 3.63) is 84.7 Å². The molecule has 2 fully saturated rings. The largest absolute Gasteiger partial charge is 0.453 e. The molecule has 4 amide bonds. The smallest absolute Gasteiger partial charge is 0.407 e. The topological polar surface area (TPSA) is 175 Å². The van der Waals surface area contributed by atoms with E-state index in [0.29, 0.717) is 13.1 Å². The molecule has 7 rings (SSSR count). The van der Waals surface area contributed by atoms with Gasteiger partial charge in [0.1, 0.15) is 23.7 Å². The highest BCUT2D eigenvalue weighted by atomic mass is 16.5. The average Bonchev–Trinajstić information content (AvgIpc) is 4.08. The zero-order chi connectivity index (χ0) is 42.0. The molecular weight excluding hydrogens is 749 g/mol. The molecule has 14 heteroatoms. The van der Waals surface area contributed by atoms with Crippen LogP contribution in [-0.2, 0) is 19.1 Å². The number of carbonyl (C=O) groups excluding carboxylic acids is 4. The molecule has 0 aliphatic carbocycles. The predicted octanol–water partition coefficient (Wildman–Crippen LogP) is 7.62. The minimum Gasteiger partial charge on any atom is -0.453 e. The van der Waals surface area contributed by atoms with Gasteiger partial charge in [-0.25, -0.2) is 19.6 Å². The molecule has 0 saturated carbocycles. The van der Waals surface area contributed by atoms with Crippen molar-refractivity contribution in [2.75, 3.05) is 27.3 Å². The molecule has 3 aromatic carbocycles. The van der Waals surface area contributed by atoms with Crippen LogP contribution in [0.3, 0.4) is 0 Å². The maximum Gasteiger partial charge on any atom is 0.407 e. The van der Waals surface area contributed by atoms with Crippen LogP contribution in [0.15, 0.2) is 73.1 Å². The van der Waals surface area contributed by atoms with Crippen molar-refractivity contribution in [2.24, 2.45) is 17.8 Å². The van der Waals surface area contributed by atoms with Crippen molar-refractivity contribution < 1.29 is 28.7 Å². The lowest BCUT2D eigenvalue weighted by Gasteiger charge is -2.30. The second-order valence-electron chi connectivity index (χ2n) is 16.5. The maximum absolute atomic E-state index is 13.7. The number of likely N-dealkylation sites (tertiary alicyclic amines) is 2. The Morgan fingerprint density at radius 3 is 1.75 bits per heavy atom. The summed E-state index contributed by atoms with van der Waals surface area (Å²) in [7, 11) is 2.59. The van der Waals surface area contributed by atoms with Gasteiger partial charge in [-0.15, -0.1) is 0 Å². The number of rotatable bonds is 11. The SMILES string of the molecule is COC(=O)NC(C(=O)N1CCCC1c1ncc(-c2ccc3cc(-c4ccc(-c5cnc(C6CC(C)CN6C(=O)C(NC(=O)OC)C(C)C)[nH]5)cc4)ccc3c2)[nH]1)C(C)C. The van der Waals surface area contributed by atoms with Gasteiger partial charge in [0.25, 0.3) is 0 Å². The second kappa shape index (κ2) is 17.4. The van der Waals surface area contributed by atoms with E-state index in [1.165, 1.54) is 14.2 Å². The van der Waals surface area contributed by atoms with Crippen LogP contribution in [0.1, 0.15) is 77.6 Å². The number of benzene rings is 3. The molecule has 2 aromatic heterocycles. The Morgan fingerprint density at radius 2 is 1.17 bits per heavy atom. The zero-order valence-corrected chi connectivity index (χ0v) is 34.7. The third kappa shape index (κ3) is 8.67. The van der Waals surface area contributed by atoms with Gasteiger partial charge in [-0.2, -0.15) is 0 Å². The summed E-state index contributed by atoms with van der Waals surface area (Å²) in [6, 6.07) is 19.3. The lowest BCUT2D eigenvalue weighted by molar-refractivity contribution is -0.136. The number of alkyl carbamates (subject to hydrolysis) is 2. The number of nitrogens with one attached hydrogen (secondary N) is 4. The molecule has 59 heavy (non-hydrogen) atoms. The molecule has 14 nitrogen and oxygen atoms in total. The maximum atomic E-state index is 13.7. The Hall–Kier alpha value is -6.18. The third-order valence-corrected chi connectivity index (χ3v) is 11.6. The first kappa shape index (κ1) is 41.0. The first-order chi connectivity index (χ1) is 28.3. The van der Waals surface area contributed by atoms with Crippen LogP contribution in [-0.4, -0.2) is 93.1 Å². The van der Waals surface area contributed by atoms with Crippen LogP contribution in [0.25, 0.3) is 44.4 Å². The first-order valence-corrected chi connectivity index (χ1v) is 20.4. The van der Waals surface area contributed by atoms with E-state index in [-0.39, 0.29) is 41.7 Å². The highest BCUT2D eigenvalue weighted by molar-refractivity contribution is 5.91. The zero-order valence-electron chi connectivity index (χ0n) is 34.7. The van der Waals surface area contributed by atoms with Crippen molar-refractivity contribution in [2.45, 2.75) is 78.0 Å². The van der Waals surface area contributed by atoms with E-state index in [1.54, 1.807) is 0 Å². The minimum absolute atomic E-state index is 0.106. The Bertz CT molecular complexity index is 2320. The highest BCUT2D eigenvalue weighted by Crippen LogP contribution is 2.37. The number of nitrogens with zero attached hydrogens (tertiary/aromatic N) is 4. The Balaban J connectivity index is 1.03. The van der Waals surface area contributed by atoms with Crippen molar-refractivity contribution in [3.63, 3.8) is 0 Å². The summed E-state index contributed by atoms with van der Waals surface area (Å²) in [5.74, 6) is 1.24. The fourth-order valence-electron chi connectivity index (χ4n) is 8.36.